The topological polar surface area (TPSA) is 95.9 Å². The quantitative estimate of drug-likeness (QED) is 0.0321. The van der Waals surface area contributed by atoms with Gasteiger partial charge in [0.2, 0.25) is 5.91 Å². The largest absolute Gasteiger partial charge is 0.466 e. The Morgan fingerprint density at radius 1 is 0.386 bits per heavy atom. The zero-order valence-electron chi connectivity index (χ0n) is 47.3. The molecule has 0 aromatic heterocycles. The van der Waals surface area contributed by atoms with Gasteiger partial charge in [-0.05, 0) is 57.8 Å². The molecule has 6 nitrogen and oxygen atoms in total. The molecule has 0 fully saturated rings. The summed E-state index contributed by atoms with van der Waals surface area (Å²) in [4.78, 5) is 24.5. The highest BCUT2D eigenvalue weighted by molar-refractivity contribution is 5.76. The van der Waals surface area contributed by atoms with Crippen molar-refractivity contribution in [1.82, 2.24) is 5.32 Å². The molecule has 1 amide bonds. The molecule has 0 radical (unpaired) electrons. The molecule has 0 aliphatic rings. The number of rotatable bonds is 59. The van der Waals surface area contributed by atoms with Crippen LogP contribution in [0.25, 0.3) is 0 Å². The number of hydrogen-bond donors (Lipinski definition) is 3. The average molecular weight is 987 g/mol. The summed E-state index contributed by atoms with van der Waals surface area (Å²) in [6.45, 7) is 4.92. The molecule has 0 saturated carbocycles. The van der Waals surface area contributed by atoms with E-state index in [-0.39, 0.29) is 18.5 Å². The molecule has 414 valence electrons. The van der Waals surface area contributed by atoms with Gasteiger partial charge in [-0.15, -0.1) is 0 Å². The number of ether oxygens (including phenoxy) is 1. The number of unbranched alkanes of at least 4 members (excludes halogenated alkanes) is 46. The maximum absolute atomic E-state index is 12.5. The number of hydrogen-bond acceptors (Lipinski definition) is 5. The summed E-state index contributed by atoms with van der Waals surface area (Å²) in [6, 6.07) is -0.631. The summed E-state index contributed by atoms with van der Waals surface area (Å²) in [5.41, 5.74) is 0. The van der Waals surface area contributed by atoms with Gasteiger partial charge in [0.05, 0.1) is 25.4 Å². The molecule has 0 aromatic rings. The fourth-order valence-electron chi connectivity index (χ4n) is 9.87. The van der Waals surface area contributed by atoms with Crippen LogP contribution in [0.2, 0.25) is 0 Å². The Kier molecular flexibility index (Phi) is 58.5. The summed E-state index contributed by atoms with van der Waals surface area (Å²) in [5.74, 6) is -0.0571. The van der Waals surface area contributed by atoms with Crippen molar-refractivity contribution in [2.24, 2.45) is 0 Å². The van der Waals surface area contributed by atoms with Crippen LogP contribution in [0.4, 0.5) is 0 Å². The maximum Gasteiger partial charge on any atom is 0.305 e. The van der Waals surface area contributed by atoms with Crippen LogP contribution in [0, 0.1) is 0 Å². The Morgan fingerprint density at radius 3 is 1.01 bits per heavy atom. The molecule has 2 unspecified atom stereocenters. The van der Waals surface area contributed by atoms with Gasteiger partial charge in [-0.1, -0.05) is 301 Å². The summed E-state index contributed by atoms with van der Waals surface area (Å²) in [5, 5.41) is 23.2. The van der Waals surface area contributed by atoms with Crippen molar-refractivity contribution in [2.45, 2.75) is 360 Å². The van der Waals surface area contributed by atoms with Crippen LogP contribution in [0.5, 0.6) is 0 Å². The van der Waals surface area contributed by atoms with E-state index in [1.54, 1.807) is 6.08 Å². The summed E-state index contributed by atoms with van der Waals surface area (Å²) in [7, 11) is 0. The lowest BCUT2D eigenvalue weighted by Crippen LogP contribution is -2.45. The second-order valence-electron chi connectivity index (χ2n) is 21.7. The average Bonchev–Trinajstić information content (AvgIpc) is 3.36. The minimum atomic E-state index is -0.847. The second kappa shape index (κ2) is 59.9. The molecule has 0 bridgehead atoms. The van der Waals surface area contributed by atoms with Crippen molar-refractivity contribution in [3.8, 4) is 0 Å². The molecule has 0 spiro atoms. The normalized spacial score (nSPS) is 12.7. The predicted molar refractivity (Wildman–Crippen MR) is 306 cm³/mol. The number of nitrogens with one attached hydrogen (secondary N) is 1. The SMILES string of the molecule is CCCCCCCCCCCCCCCCC/C=C/C(O)C(CO)NC(=O)CCCCCCCCCC/C=C\CCCCCCCCCCCCCCOC(=O)CCCCCCCCCCCCCC. The van der Waals surface area contributed by atoms with E-state index in [0.717, 1.165) is 38.5 Å². The molecule has 3 N–H and O–H groups in total. The van der Waals surface area contributed by atoms with Crippen molar-refractivity contribution in [2.75, 3.05) is 13.2 Å². The number of allylic oxidation sites excluding steroid dienone is 3. The Morgan fingerprint density at radius 2 is 0.671 bits per heavy atom. The number of amides is 1. The highest BCUT2D eigenvalue weighted by Gasteiger charge is 2.18. The van der Waals surface area contributed by atoms with Gasteiger partial charge in [0, 0.05) is 12.8 Å². The van der Waals surface area contributed by atoms with E-state index < -0.39 is 12.1 Å². The first kappa shape index (κ1) is 68.3. The molecule has 0 heterocycles. The first-order valence-corrected chi connectivity index (χ1v) is 31.6. The summed E-state index contributed by atoms with van der Waals surface area (Å²) >= 11 is 0. The third-order valence-corrected chi connectivity index (χ3v) is 14.7. The first-order valence-electron chi connectivity index (χ1n) is 31.6. The lowest BCUT2D eigenvalue weighted by Gasteiger charge is -2.20. The van der Waals surface area contributed by atoms with Gasteiger partial charge in [-0.3, -0.25) is 9.59 Å². The van der Waals surface area contributed by atoms with Crippen LogP contribution < -0.4 is 5.32 Å². The van der Waals surface area contributed by atoms with Gasteiger partial charge < -0.3 is 20.3 Å². The Balaban J connectivity index is 3.43. The lowest BCUT2D eigenvalue weighted by molar-refractivity contribution is -0.143. The van der Waals surface area contributed by atoms with E-state index in [2.05, 4.69) is 31.3 Å². The van der Waals surface area contributed by atoms with Gasteiger partial charge >= 0.3 is 5.97 Å². The number of aliphatic hydroxyl groups excluding tert-OH is 2. The molecule has 0 rings (SSSR count). The summed E-state index contributed by atoms with van der Waals surface area (Å²) < 4.78 is 5.47. The lowest BCUT2D eigenvalue weighted by atomic mass is 10.0. The maximum atomic E-state index is 12.5. The minimum Gasteiger partial charge on any atom is -0.466 e. The Hall–Kier alpha value is -1.66. The minimum absolute atomic E-state index is 0.0131. The zero-order chi connectivity index (χ0) is 50.7. The van der Waals surface area contributed by atoms with Gasteiger partial charge in [0.15, 0.2) is 0 Å². The van der Waals surface area contributed by atoms with Crippen molar-refractivity contribution >= 4 is 11.9 Å². The van der Waals surface area contributed by atoms with Crippen LogP contribution >= 0.6 is 0 Å². The number of esters is 1. The molecular weight excluding hydrogens is 863 g/mol. The van der Waals surface area contributed by atoms with Crippen LogP contribution in [-0.4, -0.2) is 47.4 Å². The van der Waals surface area contributed by atoms with Gasteiger partial charge in [0.1, 0.15) is 0 Å². The fraction of sp³-hybridized carbons (Fsp3) is 0.906. The van der Waals surface area contributed by atoms with Crippen molar-refractivity contribution in [3.05, 3.63) is 24.3 Å². The number of carbonyl (C=O) groups is 2. The monoisotopic (exact) mass is 986 g/mol. The second-order valence-corrected chi connectivity index (χ2v) is 21.7. The smallest absolute Gasteiger partial charge is 0.305 e. The molecule has 0 aliphatic carbocycles. The predicted octanol–water partition coefficient (Wildman–Crippen LogP) is 19.8. The molecule has 2 atom stereocenters. The van der Waals surface area contributed by atoms with E-state index in [1.165, 1.54) is 283 Å². The third kappa shape index (κ3) is 55.7. The van der Waals surface area contributed by atoms with Gasteiger partial charge in [-0.25, -0.2) is 0 Å². The van der Waals surface area contributed by atoms with Crippen molar-refractivity contribution < 1.29 is 24.5 Å². The third-order valence-electron chi connectivity index (χ3n) is 14.7. The first-order chi connectivity index (χ1) is 34.5. The van der Waals surface area contributed by atoms with Crippen molar-refractivity contribution in [1.29, 1.82) is 0 Å². The standard InChI is InChI=1S/C64H123NO5/c1-3-5-7-9-11-13-15-17-18-27-30-33-36-40-44-48-52-56-62(67)61(60-66)65-63(68)57-53-49-45-41-37-34-31-28-25-23-21-19-20-22-24-26-29-32-35-39-43-47-51-55-59-70-64(69)58-54-50-46-42-38-16-14-12-10-8-6-4-2/h21,23,52,56,61-62,66-67H,3-20,22,24-51,53-55,57-60H2,1-2H3,(H,65,68)/b23-21-,56-52+. The Labute approximate surface area is 437 Å². The van der Waals surface area contributed by atoms with Gasteiger partial charge in [0.25, 0.3) is 0 Å². The van der Waals surface area contributed by atoms with Crippen LogP contribution in [0.1, 0.15) is 348 Å². The van der Waals surface area contributed by atoms with Crippen LogP contribution in [-0.2, 0) is 14.3 Å². The molecule has 0 aromatic carbocycles. The number of aliphatic hydroxyl groups is 2. The van der Waals surface area contributed by atoms with E-state index in [1.807, 2.05) is 6.08 Å². The molecule has 6 heteroatoms. The van der Waals surface area contributed by atoms with Gasteiger partial charge in [-0.2, -0.15) is 0 Å². The van der Waals surface area contributed by atoms with Crippen molar-refractivity contribution in [3.63, 3.8) is 0 Å². The van der Waals surface area contributed by atoms with Crippen LogP contribution in [0.15, 0.2) is 24.3 Å². The van der Waals surface area contributed by atoms with E-state index in [0.29, 0.717) is 19.4 Å². The molecule has 0 aliphatic heterocycles. The molecule has 70 heavy (non-hydrogen) atoms. The highest BCUT2D eigenvalue weighted by atomic mass is 16.5. The van der Waals surface area contributed by atoms with E-state index in [4.69, 9.17) is 4.74 Å². The summed E-state index contributed by atoms with van der Waals surface area (Å²) in [6.07, 6.45) is 73.6. The van der Waals surface area contributed by atoms with E-state index in [9.17, 15) is 19.8 Å². The van der Waals surface area contributed by atoms with Crippen LogP contribution in [0.3, 0.4) is 0 Å². The molecular formula is C64H123NO5. The number of carbonyl (C=O) groups excluding carboxylic acids is 2. The highest BCUT2D eigenvalue weighted by Crippen LogP contribution is 2.17. The zero-order valence-corrected chi connectivity index (χ0v) is 47.3. The Bertz CT molecular complexity index is 1090. The molecule has 0 saturated heterocycles. The van der Waals surface area contributed by atoms with E-state index >= 15 is 0 Å². The fourth-order valence-corrected chi connectivity index (χ4v) is 9.87.